The van der Waals surface area contributed by atoms with Crippen LogP contribution in [0, 0.1) is 17.1 Å². The third-order valence-electron chi connectivity index (χ3n) is 2.35. The van der Waals surface area contributed by atoms with Gasteiger partial charge in [-0.25, -0.2) is 14.2 Å². The molecule has 0 bridgehead atoms. The maximum atomic E-state index is 14.0. The number of aromatic nitrogens is 1. The number of pyridine rings is 1. The third-order valence-corrected chi connectivity index (χ3v) is 4.15. The van der Waals surface area contributed by atoms with Gasteiger partial charge in [-0.05, 0) is 40.2 Å². The molecule has 0 saturated carbocycles. The number of nitrogens with zero attached hydrogens (tertiary/aromatic N) is 2. The normalized spacial score (nSPS) is 10.1. The Labute approximate surface area is 126 Å². The number of nitriles is 1. The van der Waals surface area contributed by atoms with Crippen molar-refractivity contribution >= 4 is 33.7 Å². The zero-order chi connectivity index (χ0) is 14.7. The molecule has 20 heavy (non-hydrogen) atoms. The van der Waals surface area contributed by atoms with E-state index in [1.807, 2.05) is 6.07 Å². The van der Waals surface area contributed by atoms with Crippen molar-refractivity contribution in [3.8, 4) is 6.07 Å². The smallest absolute Gasteiger partial charge is 0.354 e. The van der Waals surface area contributed by atoms with Crippen LogP contribution in [0.2, 0.25) is 0 Å². The molecule has 2 aromatic rings. The van der Waals surface area contributed by atoms with Gasteiger partial charge >= 0.3 is 5.97 Å². The maximum Gasteiger partial charge on any atom is 0.354 e. The minimum absolute atomic E-state index is 0.0949. The number of carboxylic acid groups (broad SMARTS) is 1. The molecule has 100 valence electrons. The highest BCUT2D eigenvalue weighted by Gasteiger charge is 2.13. The predicted molar refractivity (Wildman–Crippen MR) is 74.1 cm³/mol. The Hall–Kier alpha value is -1.91. The molecule has 0 fully saturated rings. The molecule has 0 aliphatic heterocycles. The predicted octanol–water partition coefficient (Wildman–Crippen LogP) is 3.70. The summed E-state index contributed by atoms with van der Waals surface area (Å²) >= 11 is 4.09. The average Bonchev–Trinajstić information content (AvgIpc) is 2.44. The van der Waals surface area contributed by atoms with E-state index in [4.69, 9.17) is 10.4 Å². The minimum atomic E-state index is -1.14. The van der Waals surface area contributed by atoms with Gasteiger partial charge in [0.2, 0.25) is 0 Å². The van der Waals surface area contributed by atoms with Crippen molar-refractivity contribution in [1.82, 2.24) is 4.98 Å². The van der Waals surface area contributed by atoms with Crippen molar-refractivity contribution in [2.45, 2.75) is 9.79 Å². The van der Waals surface area contributed by atoms with Crippen LogP contribution in [0.4, 0.5) is 4.39 Å². The van der Waals surface area contributed by atoms with E-state index < -0.39 is 11.8 Å². The molecule has 7 heteroatoms. The highest BCUT2D eigenvalue weighted by atomic mass is 79.9. The van der Waals surface area contributed by atoms with Gasteiger partial charge in [0.25, 0.3) is 0 Å². The van der Waals surface area contributed by atoms with Crippen molar-refractivity contribution in [3.05, 3.63) is 52.0 Å². The topological polar surface area (TPSA) is 74.0 Å². The SMILES string of the molecule is N#Cc1ccc(Sc2ccnc(C(=O)O)c2)c(F)c1Br. The first-order chi connectivity index (χ1) is 9.52. The van der Waals surface area contributed by atoms with Crippen molar-refractivity contribution in [1.29, 1.82) is 5.26 Å². The fraction of sp³-hybridized carbons (Fsp3) is 0. The summed E-state index contributed by atoms with van der Waals surface area (Å²) in [6, 6.07) is 7.78. The molecule has 0 spiro atoms. The van der Waals surface area contributed by atoms with Gasteiger partial charge in [-0.3, -0.25) is 0 Å². The Morgan fingerprint density at radius 3 is 2.85 bits per heavy atom. The quantitative estimate of drug-likeness (QED) is 0.911. The van der Waals surface area contributed by atoms with Crippen molar-refractivity contribution in [2.24, 2.45) is 0 Å². The summed E-state index contributed by atoms with van der Waals surface area (Å²) in [7, 11) is 0. The second-order valence-electron chi connectivity index (χ2n) is 3.64. The van der Waals surface area contributed by atoms with Crippen LogP contribution in [-0.4, -0.2) is 16.1 Å². The van der Waals surface area contributed by atoms with Crippen molar-refractivity contribution in [2.75, 3.05) is 0 Å². The number of aromatic carboxylic acids is 1. The second kappa shape index (κ2) is 6.03. The zero-order valence-electron chi connectivity index (χ0n) is 9.80. The number of benzene rings is 1. The van der Waals surface area contributed by atoms with Crippen LogP contribution in [0.3, 0.4) is 0 Å². The van der Waals surface area contributed by atoms with Crippen LogP contribution < -0.4 is 0 Å². The molecule has 2 rings (SSSR count). The summed E-state index contributed by atoms with van der Waals surface area (Å²) in [6.07, 6.45) is 1.35. The summed E-state index contributed by atoms with van der Waals surface area (Å²) < 4.78 is 14.1. The molecule has 4 nitrogen and oxygen atoms in total. The number of halogens is 2. The van der Waals surface area contributed by atoms with Crippen LogP contribution in [0.1, 0.15) is 16.1 Å². The van der Waals surface area contributed by atoms with Crippen molar-refractivity contribution in [3.63, 3.8) is 0 Å². The molecule has 1 aromatic carbocycles. The van der Waals surface area contributed by atoms with E-state index in [1.54, 1.807) is 6.07 Å². The Bertz CT molecular complexity index is 731. The number of hydrogen-bond acceptors (Lipinski definition) is 4. The van der Waals surface area contributed by atoms with E-state index in [0.29, 0.717) is 9.79 Å². The molecular formula is C13H6BrFN2O2S. The highest BCUT2D eigenvalue weighted by molar-refractivity contribution is 9.10. The van der Waals surface area contributed by atoms with E-state index in [0.717, 1.165) is 11.8 Å². The molecule has 1 N–H and O–H groups in total. The molecule has 0 atom stereocenters. The largest absolute Gasteiger partial charge is 0.477 e. The van der Waals surface area contributed by atoms with Crippen molar-refractivity contribution < 1.29 is 14.3 Å². The molecular weight excluding hydrogens is 347 g/mol. The molecule has 0 aliphatic rings. The Balaban J connectivity index is 2.36. The van der Waals surface area contributed by atoms with Crippen LogP contribution in [0.15, 0.2) is 44.7 Å². The van der Waals surface area contributed by atoms with E-state index >= 15 is 0 Å². The fourth-order valence-corrected chi connectivity index (χ4v) is 2.86. The lowest BCUT2D eigenvalue weighted by molar-refractivity contribution is 0.0690. The molecule has 0 amide bonds. The number of rotatable bonds is 3. The minimum Gasteiger partial charge on any atom is -0.477 e. The first-order valence-electron chi connectivity index (χ1n) is 5.28. The highest BCUT2D eigenvalue weighted by Crippen LogP contribution is 2.34. The van der Waals surface area contributed by atoms with Gasteiger partial charge in [-0.15, -0.1) is 0 Å². The van der Waals surface area contributed by atoms with Gasteiger partial charge in [0.1, 0.15) is 11.8 Å². The average molecular weight is 353 g/mol. The summed E-state index contributed by atoms with van der Waals surface area (Å²) in [5.41, 5.74) is 0.0934. The van der Waals surface area contributed by atoms with Crippen LogP contribution >= 0.6 is 27.7 Å². The van der Waals surface area contributed by atoms with E-state index in [1.165, 1.54) is 24.4 Å². The monoisotopic (exact) mass is 352 g/mol. The standard InChI is InChI=1S/C13H6BrFN2O2S/c14-11-7(6-16)1-2-10(12(11)15)20-8-3-4-17-9(5-8)13(18)19/h1-5H,(H,18,19). The first-order valence-corrected chi connectivity index (χ1v) is 6.89. The molecule has 1 heterocycles. The summed E-state index contributed by atoms with van der Waals surface area (Å²) in [4.78, 5) is 15.3. The van der Waals surface area contributed by atoms with Gasteiger partial charge in [0.05, 0.1) is 10.0 Å². The Morgan fingerprint density at radius 1 is 1.45 bits per heavy atom. The maximum absolute atomic E-state index is 14.0. The van der Waals surface area contributed by atoms with E-state index in [2.05, 4.69) is 20.9 Å². The number of hydrogen-bond donors (Lipinski definition) is 1. The lowest BCUT2D eigenvalue weighted by atomic mass is 10.2. The summed E-state index contributed by atoms with van der Waals surface area (Å²) in [5.74, 6) is -1.70. The molecule has 0 saturated heterocycles. The van der Waals surface area contributed by atoms with Gasteiger partial charge in [0, 0.05) is 16.0 Å². The number of carbonyl (C=O) groups is 1. The number of carboxylic acids is 1. The van der Waals surface area contributed by atoms with E-state index in [-0.39, 0.29) is 15.7 Å². The first kappa shape index (κ1) is 14.5. The van der Waals surface area contributed by atoms with Crippen LogP contribution in [0.5, 0.6) is 0 Å². The lowest BCUT2D eigenvalue weighted by Gasteiger charge is -2.06. The summed E-state index contributed by atoms with van der Waals surface area (Å²) in [5, 5.41) is 17.6. The van der Waals surface area contributed by atoms with E-state index in [9.17, 15) is 9.18 Å². The fourth-order valence-electron chi connectivity index (χ4n) is 1.42. The molecule has 0 radical (unpaired) electrons. The molecule has 0 unspecified atom stereocenters. The molecule has 0 aliphatic carbocycles. The van der Waals surface area contributed by atoms with Crippen LogP contribution in [0.25, 0.3) is 0 Å². The Morgan fingerprint density at radius 2 is 2.20 bits per heavy atom. The Kier molecular flexibility index (Phi) is 4.37. The van der Waals surface area contributed by atoms with Gasteiger partial charge in [0.15, 0.2) is 5.82 Å². The lowest BCUT2D eigenvalue weighted by Crippen LogP contribution is -1.99. The van der Waals surface area contributed by atoms with Gasteiger partial charge in [-0.1, -0.05) is 11.8 Å². The zero-order valence-corrected chi connectivity index (χ0v) is 12.2. The van der Waals surface area contributed by atoms with Gasteiger partial charge in [-0.2, -0.15) is 5.26 Å². The van der Waals surface area contributed by atoms with Gasteiger partial charge < -0.3 is 5.11 Å². The summed E-state index contributed by atoms with van der Waals surface area (Å²) in [6.45, 7) is 0. The van der Waals surface area contributed by atoms with Crippen LogP contribution in [-0.2, 0) is 0 Å². The third kappa shape index (κ3) is 2.98. The molecule has 1 aromatic heterocycles. The second-order valence-corrected chi connectivity index (χ2v) is 5.54.